The third kappa shape index (κ3) is 5.86. The summed E-state index contributed by atoms with van der Waals surface area (Å²) in [5, 5.41) is 15.6. The number of hydrogen-bond acceptors (Lipinski definition) is 5. The van der Waals surface area contributed by atoms with Crippen LogP contribution >= 0.6 is 0 Å². The monoisotopic (exact) mass is 361 g/mol. The second-order valence-electron chi connectivity index (χ2n) is 5.15. The van der Waals surface area contributed by atoms with Crippen molar-refractivity contribution in [2.75, 3.05) is 19.7 Å². The van der Waals surface area contributed by atoms with Crippen LogP contribution in [0.3, 0.4) is 0 Å². The normalized spacial score (nSPS) is 10.0. The van der Waals surface area contributed by atoms with E-state index in [1.54, 1.807) is 6.07 Å². The molecule has 136 valence electrons. The Kier molecular flexibility index (Phi) is 6.60. The van der Waals surface area contributed by atoms with Gasteiger partial charge in [0.25, 0.3) is 11.6 Å². The van der Waals surface area contributed by atoms with E-state index in [-0.39, 0.29) is 30.9 Å². The molecule has 26 heavy (non-hydrogen) atoms. The Hall–Kier alpha value is -3.49. The van der Waals surface area contributed by atoms with Crippen molar-refractivity contribution in [3.63, 3.8) is 0 Å². The lowest BCUT2D eigenvalue weighted by Gasteiger charge is -2.08. The van der Waals surface area contributed by atoms with E-state index in [0.29, 0.717) is 5.75 Å². The van der Waals surface area contributed by atoms with Gasteiger partial charge in [0.2, 0.25) is 5.91 Å². The zero-order valence-corrected chi connectivity index (χ0v) is 13.6. The molecule has 0 aromatic heterocycles. The predicted molar refractivity (Wildman–Crippen MR) is 90.3 cm³/mol. The highest BCUT2D eigenvalue weighted by Crippen LogP contribution is 2.13. The van der Waals surface area contributed by atoms with Gasteiger partial charge in [0.1, 0.15) is 18.2 Å². The fourth-order valence-electron chi connectivity index (χ4n) is 2.00. The van der Waals surface area contributed by atoms with Gasteiger partial charge in [-0.15, -0.1) is 0 Å². The molecule has 2 aromatic rings. The first-order valence-electron chi connectivity index (χ1n) is 7.63. The zero-order chi connectivity index (χ0) is 18.9. The summed E-state index contributed by atoms with van der Waals surface area (Å²) in [7, 11) is 0. The van der Waals surface area contributed by atoms with Crippen molar-refractivity contribution in [2.45, 2.75) is 0 Å². The molecule has 9 heteroatoms. The smallest absolute Gasteiger partial charge is 0.270 e. The fourth-order valence-corrected chi connectivity index (χ4v) is 2.00. The number of non-ortho nitro benzene ring substituents is 1. The van der Waals surface area contributed by atoms with Crippen molar-refractivity contribution < 1.29 is 23.6 Å². The van der Waals surface area contributed by atoms with Crippen molar-refractivity contribution in [3.05, 3.63) is 70.0 Å². The number of nitro groups is 1. The van der Waals surface area contributed by atoms with Gasteiger partial charge in [-0.2, -0.15) is 0 Å². The number of carbonyl (C=O) groups excluding carboxylic acids is 2. The van der Waals surface area contributed by atoms with Gasteiger partial charge in [-0.1, -0.05) is 12.1 Å². The molecule has 0 radical (unpaired) electrons. The van der Waals surface area contributed by atoms with Crippen LogP contribution < -0.4 is 15.4 Å². The van der Waals surface area contributed by atoms with E-state index in [1.165, 1.54) is 36.4 Å². The van der Waals surface area contributed by atoms with E-state index < -0.39 is 22.6 Å². The van der Waals surface area contributed by atoms with Crippen LogP contribution in [0.2, 0.25) is 0 Å². The molecule has 0 aliphatic heterocycles. The van der Waals surface area contributed by atoms with Crippen LogP contribution in [0.5, 0.6) is 5.75 Å². The lowest BCUT2D eigenvalue weighted by atomic mass is 10.2. The Balaban J connectivity index is 1.70. The first-order chi connectivity index (χ1) is 12.5. The Morgan fingerprint density at radius 2 is 1.88 bits per heavy atom. The molecule has 0 spiro atoms. The zero-order valence-electron chi connectivity index (χ0n) is 13.6. The van der Waals surface area contributed by atoms with Crippen LogP contribution in [-0.4, -0.2) is 36.4 Å². The molecular formula is C17H16FN3O5. The first kappa shape index (κ1) is 18.8. The molecule has 2 amide bonds. The number of benzene rings is 2. The molecule has 0 aliphatic carbocycles. The SMILES string of the molecule is O=C(CNC(=O)c1cccc([N+](=O)[O-])c1)NCCOc1cccc(F)c1. The molecule has 0 atom stereocenters. The number of nitrogens with one attached hydrogen (secondary N) is 2. The van der Waals surface area contributed by atoms with Gasteiger partial charge in [-0.3, -0.25) is 19.7 Å². The highest BCUT2D eigenvalue weighted by Gasteiger charge is 2.12. The highest BCUT2D eigenvalue weighted by atomic mass is 19.1. The number of carbonyl (C=O) groups is 2. The first-order valence-corrected chi connectivity index (χ1v) is 7.63. The van der Waals surface area contributed by atoms with E-state index in [0.717, 1.165) is 6.07 Å². The van der Waals surface area contributed by atoms with Crippen LogP contribution in [0.25, 0.3) is 0 Å². The molecule has 8 nitrogen and oxygen atoms in total. The van der Waals surface area contributed by atoms with E-state index >= 15 is 0 Å². The van der Waals surface area contributed by atoms with Gasteiger partial charge in [-0.05, 0) is 18.2 Å². The summed E-state index contributed by atoms with van der Waals surface area (Å²) < 4.78 is 18.2. The molecule has 0 fully saturated rings. The molecule has 0 aliphatic rings. The lowest BCUT2D eigenvalue weighted by molar-refractivity contribution is -0.384. The minimum absolute atomic E-state index is 0.0847. The number of nitrogens with zero attached hydrogens (tertiary/aromatic N) is 1. The Morgan fingerprint density at radius 3 is 2.62 bits per heavy atom. The standard InChI is InChI=1S/C17H16FN3O5/c18-13-4-2-6-15(10-13)26-8-7-19-16(22)11-20-17(23)12-3-1-5-14(9-12)21(24)25/h1-6,9-10H,7-8,11H2,(H,19,22)(H,20,23). The number of amides is 2. The number of nitro benzene ring substituents is 1. The molecule has 2 N–H and O–H groups in total. The van der Waals surface area contributed by atoms with Crippen molar-refractivity contribution in [3.8, 4) is 5.75 Å². The van der Waals surface area contributed by atoms with Crippen LogP contribution in [0.1, 0.15) is 10.4 Å². The molecule has 2 aromatic carbocycles. The van der Waals surface area contributed by atoms with Gasteiger partial charge < -0.3 is 15.4 Å². The summed E-state index contributed by atoms with van der Waals surface area (Å²) in [5.74, 6) is -1.12. The second kappa shape index (κ2) is 9.11. The van der Waals surface area contributed by atoms with E-state index in [1.807, 2.05) is 0 Å². The molecular weight excluding hydrogens is 345 g/mol. The average molecular weight is 361 g/mol. The van der Waals surface area contributed by atoms with Gasteiger partial charge >= 0.3 is 0 Å². The topological polar surface area (TPSA) is 111 Å². The summed E-state index contributed by atoms with van der Waals surface area (Å²) >= 11 is 0. The minimum atomic E-state index is -0.609. The molecule has 2 rings (SSSR count). The molecule has 0 saturated heterocycles. The number of hydrogen-bond donors (Lipinski definition) is 2. The Morgan fingerprint density at radius 1 is 1.12 bits per heavy atom. The minimum Gasteiger partial charge on any atom is -0.492 e. The number of halogens is 1. The molecule has 0 bridgehead atoms. The van der Waals surface area contributed by atoms with Crippen molar-refractivity contribution in [1.82, 2.24) is 10.6 Å². The maximum atomic E-state index is 13.0. The van der Waals surface area contributed by atoms with Crippen LogP contribution in [-0.2, 0) is 4.79 Å². The van der Waals surface area contributed by atoms with Gasteiger partial charge in [0.15, 0.2) is 0 Å². The van der Waals surface area contributed by atoms with Crippen molar-refractivity contribution >= 4 is 17.5 Å². The Labute approximate surface area is 148 Å². The van der Waals surface area contributed by atoms with Gasteiger partial charge in [0.05, 0.1) is 18.0 Å². The van der Waals surface area contributed by atoms with E-state index in [4.69, 9.17) is 4.74 Å². The summed E-state index contributed by atoms with van der Waals surface area (Å²) in [4.78, 5) is 33.6. The maximum absolute atomic E-state index is 13.0. The average Bonchev–Trinajstić information content (AvgIpc) is 2.63. The van der Waals surface area contributed by atoms with Crippen LogP contribution in [0.4, 0.5) is 10.1 Å². The van der Waals surface area contributed by atoms with E-state index in [2.05, 4.69) is 10.6 Å². The third-order valence-corrected chi connectivity index (χ3v) is 3.22. The van der Waals surface area contributed by atoms with Crippen LogP contribution in [0.15, 0.2) is 48.5 Å². The summed E-state index contributed by atoms with van der Waals surface area (Å²) in [6.45, 7) is 0.0114. The maximum Gasteiger partial charge on any atom is 0.270 e. The van der Waals surface area contributed by atoms with Gasteiger partial charge in [0, 0.05) is 23.8 Å². The molecule has 0 heterocycles. The third-order valence-electron chi connectivity index (χ3n) is 3.22. The van der Waals surface area contributed by atoms with Crippen LogP contribution in [0, 0.1) is 15.9 Å². The fraction of sp³-hybridized carbons (Fsp3) is 0.176. The largest absolute Gasteiger partial charge is 0.492 e. The summed E-state index contributed by atoms with van der Waals surface area (Å²) in [6.07, 6.45) is 0. The quantitative estimate of drug-likeness (QED) is 0.422. The highest BCUT2D eigenvalue weighted by molar-refractivity contribution is 5.96. The molecule has 0 saturated carbocycles. The Bertz CT molecular complexity index is 812. The van der Waals surface area contributed by atoms with Crippen molar-refractivity contribution in [1.29, 1.82) is 0 Å². The van der Waals surface area contributed by atoms with Gasteiger partial charge in [-0.25, -0.2) is 4.39 Å². The summed E-state index contributed by atoms with van der Waals surface area (Å²) in [6, 6.07) is 10.8. The second-order valence-corrected chi connectivity index (χ2v) is 5.15. The summed E-state index contributed by atoms with van der Waals surface area (Å²) in [5.41, 5.74) is -0.127. The number of ether oxygens (including phenoxy) is 1. The predicted octanol–water partition coefficient (Wildman–Crippen LogP) is 1.66. The number of rotatable bonds is 8. The molecule has 0 unspecified atom stereocenters. The van der Waals surface area contributed by atoms with E-state index in [9.17, 15) is 24.1 Å². The lowest BCUT2D eigenvalue weighted by Crippen LogP contribution is -2.38. The van der Waals surface area contributed by atoms with Crippen molar-refractivity contribution in [2.24, 2.45) is 0 Å².